The highest BCUT2D eigenvalue weighted by atomic mass is 16.2. The van der Waals surface area contributed by atoms with E-state index in [0.29, 0.717) is 5.82 Å². The molecule has 0 fully saturated rings. The van der Waals surface area contributed by atoms with Crippen LogP contribution in [0.2, 0.25) is 0 Å². The van der Waals surface area contributed by atoms with Gasteiger partial charge >= 0.3 is 0 Å². The quantitative estimate of drug-likeness (QED) is 0.814. The molecule has 3 rings (SSSR count). The van der Waals surface area contributed by atoms with Crippen molar-refractivity contribution in [2.75, 3.05) is 22.5 Å². The molecule has 5 nitrogen and oxygen atoms in total. The Balaban J connectivity index is 1.76. The van der Waals surface area contributed by atoms with Crippen molar-refractivity contribution in [1.29, 1.82) is 0 Å². The van der Waals surface area contributed by atoms with Crippen molar-refractivity contribution in [3.05, 3.63) is 46.5 Å². The van der Waals surface area contributed by atoms with Crippen LogP contribution >= 0.6 is 0 Å². The lowest BCUT2D eigenvalue weighted by Crippen LogP contribution is -2.28. The molecule has 114 valence electrons. The van der Waals surface area contributed by atoms with Crippen LogP contribution in [0.1, 0.15) is 22.3 Å². The van der Waals surface area contributed by atoms with Crippen molar-refractivity contribution in [2.45, 2.75) is 27.3 Å². The van der Waals surface area contributed by atoms with Crippen molar-refractivity contribution in [3.63, 3.8) is 0 Å². The molecule has 1 amide bonds. The minimum Gasteiger partial charge on any atom is -0.366 e. The summed E-state index contributed by atoms with van der Waals surface area (Å²) in [5, 5.41) is 9.17. The van der Waals surface area contributed by atoms with Crippen LogP contribution in [0.25, 0.3) is 0 Å². The number of amides is 1. The molecule has 0 saturated carbocycles. The number of fused-ring (bicyclic) bond motifs is 1. The van der Waals surface area contributed by atoms with E-state index in [1.807, 2.05) is 12.1 Å². The second-order valence-corrected chi connectivity index (χ2v) is 5.73. The SMILES string of the molecule is Cc1cc(C)c(CNc2ccc3c(n2)NCC(=O)N3)c(C)c1. The van der Waals surface area contributed by atoms with E-state index in [2.05, 4.69) is 53.8 Å². The number of hydrogen-bond donors (Lipinski definition) is 3. The Bertz CT molecular complexity index is 716. The number of carbonyl (C=O) groups is 1. The first-order valence-electron chi connectivity index (χ1n) is 7.38. The van der Waals surface area contributed by atoms with E-state index in [-0.39, 0.29) is 12.5 Å². The van der Waals surface area contributed by atoms with E-state index in [4.69, 9.17) is 0 Å². The highest BCUT2D eigenvalue weighted by Crippen LogP contribution is 2.25. The molecule has 1 aromatic heterocycles. The van der Waals surface area contributed by atoms with Gasteiger partial charge in [-0.1, -0.05) is 17.7 Å². The van der Waals surface area contributed by atoms with Gasteiger partial charge in [0.2, 0.25) is 5.91 Å². The molecule has 5 heteroatoms. The predicted molar refractivity (Wildman–Crippen MR) is 89.3 cm³/mol. The Labute approximate surface area is 130 Å². The zero-order valence-electron chi connectivity index (χ0n) is 13.1. The summed E-state index contributed by atoms with van der Waals surface area (Å²) in [5.41, 5.74) is 5.88. The molecule has 0 unspecified atom stereocenters. The van der Waals surface area contributed by atoms with Gasteiger partial charge in [0.1, 0.15) is 5.82 Å². The molecule has 1 aliphatic rings. The number of carbonyl (C=O) groups excluding carboxylic acids is 1. The Hall–Kier alpha value is -2.56. The predicted octanol–water partition coefficient (Wildman–Crippen LogP) is 2.98. The molecular weight excluding hydrogens is 276 g/mol. The summed E-state index contributed by atoms with van der Waals surface area (Å²) in [6.45, 7) is 7.38. The monoisotopic (exact) mass is 296 g/mol. The van der Waals surface area contributed by atoms with Crippen molar-refractivity contribution in [2.24, 2.45) is 0 Å². The summed E-state index contributed by atoms with van der Waals surface area (Å²) in [6.07, 6.45) is 0. The fraction of sp³-hybridized carbons (Fsp3) is 0.294. The van der Waals surface area contributed by atoms with Crippen LogP contribution in [-0.2, 0) is 11.3 Å². The van der Waals surface area contributed by atoms with Gasteiger partial charge in [-0.2, -0.15) is 0 Å². The number of anilines is 3. The maximum Gasteiger partial charge on any atom is 0.243 e. The standard InChI is InChI=1S/C17H20N4O/c1-10-6-11(2)13(12(3)7-10)8-18-15-5-4-14-17(21-15)19-9-16(22)20-14/h4-7H,8-9H2,1-3H3,(H,20,22)(H2,18,19,21). The maximum atomic E-state index is 11.3. The molecule has 0 bridgehead atoms. The lowest BCUT2D eigenvalue weighted by molar-refractivity contribution is -0.114. The summed E-state index contributed by atoms with van der Waals surface area (Å²) >= 11 is 0. The minimum absolute atomic E-state index is 0.0408. The van der Waals surface area contributed by atoms with Crippen molar-refractivity contribution in [3.8, 4) is 0 Å². The second-order valence-electron chi connectivity index (χ2n) is 5.73. The van der Waals surface area contributed by atoms with Gasteiger partial charge in [0, 0.05) is 6.54 Å². The van der Waals surface area contributed by atoms with E-state index >= 15 is 0 Å². The van der Waals surface area contributed by atoms with Crippen LogP contribution in [0.5, 0.6) is 0 Å². The molecule has 3 N–H and O–H groups in total. The number of nitrogens with zero attached hydrogens (tertiary/aromatic N) is 1. The van der Waals surface area contributed by atoms with E-state index in [1.54, 1.807) is 0 Å². The Morgan fingerprint density at radius 2 is 1.91 bits per heavy atom. The molecule has 1 aliphatic heterocycles. The van der Waals surface area contributed by atoms with Gasteiger partial charge in [-0.25, -0.2) is 4.98 Å². The van der Waals surface area contributed by atoms with Gasteiger partial charge in [-0.3, -0.25) is 4.79 Å². The van der Waals surface area contributed by atoms with E-state index < -0.39 is 0 Å². The molecule has 22 heavy (non-hydrogen) atoms. The van der Waals surface area contributed by atoms with Gasteiger partial charge in [0.15, 0.2) is 5.82 Å². The van der Waals surface area contributed by atoms with Gasteiger partial charge < -0.3 is 16.0 Å². The lowest BCUT2D eigenvalue weighted by atomic mass is 10.00. The average molecular weight is 296 g/mol. The van der Waals surface area contributed by atoms with Crippen LogP contribution in [-0.4, -0.2) is 17.4 Å². The average Bonchev–Trinajstić information content (AvgIpc) is 2.46. The van der Waals surface area contributed by atoms with Crippen molar-refractivity contribution >= 4 is 23.2 Å². The summed E-state index contributed by atoms with van der Waals surface area (Å²) in [7, 11) is 0. The third kappa shape index (κ3) is 2.88. The van der Waals surface area contributed by atoms with Crippen molar-refractivity contribution in [1.82, 2.24) is 4.98 Å². The van der Waals surface area contributed by atoms with Crippen LogP contribution < -0.4 is 16.0 Å². The molecule has 1 aromatic carbocycles. The number of pyridine rings is 1. The molecular formula is C17H20N4O. The number of nitrogens with one attached hydrogen (secondary N) is 3. The normalized spacial score (nSPS) is 13.1. The van der Waals surface area contributed by atoms with Gasteiger partial charge in [0.05, 0.1) is 12.2 Å². The first kappa shape index (κ1) is 14.4. The zero-order valence-corrected chi connectivity index (χ0v) is 13.1. The molecule has 2 heterocycles. The first-order chi connectivity index (χ1) is 10.5. The van der Waals surface area contributed by atoms with E-state index in [0.717, 1.165) is 18.1 Å². The molecule has 2 aromatic rings. The molecule has 0 saturated heterocycles. The van der Waals surface area contributed by atoms with Crippen molar-refractivity contribution < 1.29 is 4.79 Å². The molecule has 0 spiro atoms. The third-order valence-electron chi connectivity index (χ3n) is 3.87. The fourth-order valence-corrected chi connectivity index (χ4v) is 2.82. The van der Waals surface area contributed by atoms with Crippen LogP contribution in [0.15, 0.2) is 24.3 Å². The summed E-state index contributed by atoms with van der Waals surface area (Å²) < 4.78 is 0. The minimum atomic E-state index is -0.0408. The Kier molecular flexibility index (Phi) is 3.71. The number of aromatic nitrogens is 1. The summed E-state index contributed by atoms with van der Waals surface area (Å²) in [6, 6.07) is 8.14. The Morgan fingerprint density at radius 3 is 2.64 bits per heavy atom. The van der Waals surface area contributed by atoms with Gasteiger partial charge in [-0.05, 0) is 49.6 Å². The molecule has 0 radical (unpaired) electrons. The smallest absolute Gasteiger partial charge is 0.243 e. The highest BCUT2D eigenvalue weighted by Gasteiger charge is 2.15. The van der Waals surface area contributed by atoms with Crippen LogP contribution in [0, 0.1) is 20.8 Å². The number of aryl methyl sites for hydroxylation is 3. The van der Waals surface area contributed by atoms with Gasteiger partial charge in [0.25, 0.3) is 0 Å². The van der Waals surface area contributed by atoms with Crippen LogP contribution in [0.4, 0.5) is 17.3 Å². The number of hydrogen-bond acceptors (Lipinski definition) is 4. The van der Waals surface area contributed by atoms with Gasteiger partial charge in [-0.15, -0.1) is 0 Å². The van der Waals surface area contributed by atoms with Crippen LogP contribution in [0.3, 0.4) is 0 Å². The zero-order chi connectivity index (χ0) is 15.7. The second kappa shape index (κ2) is 5.67. The highest BCUT2D eigenvalue weighted by molar-refractivity contribution is 5.99. The Morgan fingerprint density at radius 1 is 1.18 bits per heavy atom. The largest absolute Gasteiger partial charge is 0.366 e. The molecule has 0 atom stereocenters. The summed E-state index contributed by atoms with van der Waals surface area (Å²) in [5.74, 6) is 1.46. The maximum absolute atomic E-state index is 11.3. The first-order valence-corrected chi connectivity index (χ1v) is 7.38. The van der Waals surface area contributed by atoms with E-state index in [1.165, 1.54) is 22.3 Å². The van der Waals surface area contributed by atoms with E-state index in [9.17, 15) is 4.79 Å². The number of rotatable bonds is 3. The fourth-order valence-electron chi connectivity index (χ4n) is 2.82. The third-order valence-corrected chi connectivity index (χ3v) is 3.87. The lowest BCUT2D eigenvalue weighted by Gasteiger charge is -2.19. The topological polar surface area (TPSA) is 66.0 Å². The number of benzene rings is 1. The molecule has 0 aliphatic carbocycles. The summed E-state index contributed by atoms with van der Waals surface area (Å²) in [4.78, 5) is 15.8.